The monoisotopic (exact) mass is 257 g/mol. The fraction of sp³-hybridized carbons (Fsp3) is 0.375. The first kappa shape index (κ1) is 13.5. The van der Waals surface area contributed by atoms with Gasteiger partial charge in [0.05, 0.1) is 12.1 Å². The maximum atomic E-state index is 12.2. The minimum atomic E-state index is -0.162. The normalized spacial score (nSPS) is 17.6. The lowest BCUT2D eigenvalue weighted by Gasteiger charge is -2.13. The zero-order chi connectivity index (χ0) is 13.8. The molecule has 0 aliphatic carbocycles. The van der Waals surface area contributed by atoms with Gasteiger partial charge in [0.15, 0.2) is 0 Å². The first-order valence-electron chi connectivity index (χ1n) is 6.76. The van der Waals surface area contributed by atoms with E-state index in [4.69, 9.17) is 0 Å². The van der Waals surface area contributed by atoms with Crippen LogP contribution < -0.4 is 4.90 Å². The molecule has 3 nitrogen and oxygen atoms in total. The van der Waals surface area contributed by atoms with E-state index in [1.807, 2.05) is 37.3 Å². The van der Waals surface area contributed by atoms with Crippen molar-refractivity contribution < 1.29 is 9.59 Å². The molecular formula is C16H19NO2. The summed E-state index contributed by atoms with van der Waals surface area (Å²) in [6, 6.07) is 7.46. The molecule has 0 radical (unpaired) electrons. The predicted octanol–water partition coefficient (Wildman–Crippen LogP) is 3.37. The Morgan fingerprint density at radius 1 is 1.21 bits per heavy atom. The second-order valence-electron chi connectivity index (χ2n) is 4.92. The molecule has 100 valence electrons. The third kappa shape index (κ3) is 2.92. The molecule has 1 saturated heterocycles. The Morgan fingerprint density at radius 3 is 2.53 bits per heavy atom. The molecule has 1 aromatic carbocycles. The van der Waals surface area contributed by atoms with E-state index in [9.17, 15) is 9.59 Å². The van der Waals surface area contributed by atoms with Gasteiger partial charge in [0, 0.05) is 5.57 Å². The van der Waals surface area contributed by atoms with Gasteiger partial charge in [-0.15, -0.1) is 0 Å². The molecule has 1 aliphatic rings. The van der Waals surface area contributed by atoms with Crippen molar-refractivity contribution in [2.24, 2.45) is 0 Å². The number of hydrogen-bond donors (Lipinski definition) is 0. The van der Waals surface area contributed by atoms with E-state index in [1.54, 1.807) is 0 Å². The van der Waals surface area contributed by atoms with Crippen LogP contribution in [0.5, 0.6) is 0 Å². The summed E-state index contributed by atoms with van der Waals surface area (Å²) in [5, 5.41) is 0. The molecule has 19 heavy (non-hydrogen) atoms. The summed E-state index contributed by atoms with van der Waals surface area (Å²) in [4.78, 5) is 25.5. The molecule has 0 unspecified atom stereocenters. The Hall–Kier alpha value is -1.90. The standard InChI is InChI=1S/C16H19NO2/c1-3-4-5-6-13-11-15(18)17(16(13)19)14-9-7-12(2)8-10-14/h6-10H,3-5,11H2,1-2H3/b13-6-. The molecule has 2 amide bonds. The molecule has 0 bridgehead atoms. The van der Waals surface area contributed by atoms with Gasteiger partial charge >= 0.3 is 0 Å². The van der Waals surface area contributed by atoms with E-state index in [2.05, 4.69) is 6.92 Å². The number of aryl methyl sites for hydroxylation is 1. The molecule has 0 saturated carbocycles. The third-order valence-electron chi connectivity index (χ3n) is 3.31. The fourth-order valence-corrected chi connectivity index (χ4v) is 2.17. The average molecular weight is 257 g/mol. The highest BCUT2D eigenvalue weighted by molar-refractivity contribution is 6.28. The highest BCUT2D eigenvalue weighted by atomic mass is 16.2. The van der Waals surface area contributed by atoms with Gasteiger partial charge in [-0.1, -0.05) is 43.5 Å². The van der Waals surface area contributed by atoms with Gasteiger partial charge in [-0.2, -0.15) is 0 Å². The molecule has 1 aliphatic heterocycles. The van der Waals surface area contributed by atoms with Gasteiger partial charge in [0.2, 0.25) is 5.91 Å². The number of benzene rings is 1. The van der Waals surface area contributed by atoms with Crippen molar-refractivity contribution in [1.29, 1.82) is 0 Å². The maximum Gasteiger partial charge on any atom is 0.261 e. The minimum Gasteiger partial charge on any atom is -0.274 e. The Kier molecular flexibility index (Phi) is 4.15. The lowest BCUT2D eigenvalue weighted by Crippen LogP contribution is -2.28. The number of carbonyl (C=O) groups excluding carboxylic acids is 2. The minimum absolute atomic E-state index is 0.128. The molecule has 1 fully saturated rings. The van der Waals surface area contributed by atoms with Gasteiger partial charge in [0.1, 0.15) is 0 Å². The summed E-state index contributed by atoms with van der Waals surface area (Å²) in [5.41, 5.74) is 2.42. The zero-order valence-electron chi connectivity index (χ0n) is 11.5. The molecule has 0 atom stereocenters. The summed E-state index contributed by atoms with van der Waals surface area (Å²) >= 11 is 0. The van der Waals surface area contributed by atoms with E-state index in [0.717, 1.165) is 24.8 Å². The van der Waals surface area contributed by atoms with Crippen LogP contribution in [0.4, 0.5) is 5.69 Å². The first-order chi connectivity index (χ1) is 9.13. The van der Waals surface area contributed by atoms with Crippen LogP contribution in [-0.2, 0) is 9.59 Å². The summed E-state index contributed by atoms with van der Waals surface area (Å²) in [6.45, 7) is 4.09. The average Bonchev–Trinajstić information content (AvgIpc) is 2.67. The van der Waals surface area contributed by atoms with Crippen LogP contribution in [0.15, 0.2) is 35.9 Å². The molecule has 3 heteroatoms. The van der Waals surface area contributed by atoms with Gasteiger partial charge in [-0.05, 0) is 25.5 Å². The summed E-state index contributed by atoms with van der Waals surface area (Å²) in [7, 11) is 0. The molecule has 2 rings (SSSR count). The van der Waals surface area contributed by atoms with Crippen molar-refractivity contribution in [2.75, 3.05) is 4.90 Å². The van der Waals surface area contributed by atoms with Crippen molar-refractivity contribution in [1.82, 2.24) is 0 Å². The summed E-state index contributed by atoms with van der Waals surface area (Å²) in [6.07, 6.45) is 5.16. The molecular weight excluding hydrogens is 238 g/mol. The van der Waals surface area contributed by atoms with Crippen molar-refractivity contribution in [3.63, 3.8) is 0 Å². The van der Waals surface area contributed by atoms with Crippen molar-refractivity contribution in [2.45, 2.75) is 39.5 Å². The first-order valence-corrected chi connectivity index (χ1v) is 6.76. The summed E-state index contributed by atoms with van der Waals surface area (Å²) in [5.74, 6) is -0.290. The number of allylic oxidation sites excluding steroid dienone is 1. The largest absolute Gasteiger partial charge is 0.274 e. The highest BCUT2D eigenvalue weighted by Crippen LogP contribution is 2.26. The Balaban J connectivity index is 2.19. The van der Waals surface area contributed by atoms with Crippen LogP contribution in [0.25, 0.3) is 0 Å². The number of anilines is 1. The number of carbonyl (C=O) groups is 2. The zero-order valence-corrected chi connectivity index (χ0v) is 11.5. The Morgan fingerprint density at radius 2 is 1.89 bits per heavy atom. The topological polar surface area (TPSA) is 37.4 Å². The second kappa shape index (κ2) is 5.83. The number of imide groups is 1. The highest BCUT2D eigenvalue weighted by Gasteiger charge is 2.34. The van der Waals surface area contributed by atoms with Crippen molar-refractivity contribution >= 4 is 17.5 Å². The van der Waals surface area contributed by atoms with E-state index in [0.29, 0.717) is 11.3 Å². The van der Waals surface area contributed by atoms with Crippen LogP contribution in [0.3, 0.4) is 0 Å². The maximum absolute atomic E-state index is 12.2. The lowest BCUT2D eigenvalue weighted by atomic mass is 10.1. The fourth-order valence-electron chi connectivity index (χ4n) is 2.17. The van der Waals surface area contributed by atoms with Crippen LogP contribution in [0.1, 0.15) is 38.2 Å². The van der Waals surface area contributed by atoms with Crippen molar-refractivity contribution in [3.8, 4) is 0 Å². The number of unbranched alkanes of at least 4 members (excludes halogenated alkanes) is 2. The molecule has 1 aromatic rings. The van der Waals surface area contributed by atoms with Crippen LogP contribution in [-0.4, -0.2) is 11.8 Å². The third-order valence-corrected chi connectivity index (χ3v) is 3.31. The molecule has 1 heterocycles. The lowest BCUT2D eigenvalue weighted by molar-refractivity contribution is -0.120. The van der Waals surface area contributed by atoms with Gasteiger partial charge < -0.3 is 0 Å². The van der Waals surface area contributed by atoms with E-state index in [1.165, 1.54) is 4.90 Å². The Labute approximate surface area is 113 Å². The van der Waals surface area contributed by atoms with Crippen molar-refractivity contribution in [3.05, 3.63) is 41.5 Å². The van der Waals surface area contributed by atoms with E-state index >= 15 is 0 Å². The Bertz CT molecular complexity index is 514. The number of amides is 2. The number of rotatable bonds is 4. The van der Waals surface area contributed by atoms with Crippen LogP contribution >= 0.6 is 0 Å². The predicted molar refractivity (Wildman–Crippen MR) is 75.9 cm³/mol. The van der Waals surface area contributed by atoms with Crippen LogP contribution in [0.2, 0.25) is 0 Å². The number of nitrogens with zero attached hydrogens (tertiary/aromatic N) is 1. The summed E-state index contributed by atoms with van der Waals surface area (Å²) < 4.78 is 0. The van der Waals surface area contributed by atoms with Gasteiger partial charge in [-0.3, -0.25) is 9.59 Å². The van der Waals surface area contributed by atoms with Gasteiger partial charge in [0.25, 0.3) is 5.91 Å². The van der Waals surface area contributed by atoms with Gasteiger partial charge in [-0.25, -0.2) is 4.90 Å². The molecule has 0 aromatic heterocycles. The van der Waals surface area contributed by atoms with Crippen LogP contribution in [0, 0.1) is 6.92 Å². The second-order valence-corrected chi connectivity index (χ2v) is 4.92. The SMILES string of the molecule is CCCC/C=C1/CC(=O)N(c2ccc(C)cc2)C1=O. The molecule has 0 spiro atoms. The number of hydrogen-bond acceptors (Lipinski definition) is 2. The smallest absolute Gasteiger partial charge is 0.261 e. The van der Waals surface area contributed by atoms with E-state index in [-0.39, 0.29) is 18.2 Å². The van der Waals surface area contributed by atoms with E-state index < -0.39 is 0 Å². The quantitative estimate of drug-likeness (QED) is 0.471. The molecule has 0 N–H and O–H groups in total.